The molecule has 0 atom stereocenters. The number of furan rings is 1. The molecule has 0 spiro atoms. The van der Waals surface area contributed by atoms with Crippen LogP contribution in [-0.2, 0) is 11.3 Å². The molecule has 0 aliphatic rings. The van der Waals surface area contributed by atoms with E-state index in [1.165, 1.54) is 18.4 Å². The van der Waals surface area contributed by atoms with Crippen molar-refractivity contribution >= 4 is 5.91 Å². The van der Waals surface area contributed by atoms with Crippen molar-refractivity contribution in [3.8, 4) is 11.5 Å². The Hall–Kier alpha value is -2.37. The van der Waals surface area contributed by atoms with Gasteiger partial charge in [-0.1, -0.05) is 0 Å². The maximum absolute atomic E-state index is 11.3. The lowest BCUT2D eigenvalue weighted by Crippen LogP contribution is -2.29. The molecule has 0 aromatic carbocycles. The molecule has 2 heterocycles. The number of carbonyl (C=O) groups is 1. The zero-order chi connectivity index (χ0) is 11.5. The predicted octanol–water partition coefficient (Wildman–Crippen LogP) is -0.0114. The first-order valence-corrected chi connectivity index (χ1v) is 4.57. The van der Waals surface area contributed by atoms with Gasteiger partial charge in [-0.3, -0.25) is 9.59 Å². The highest BCUT2D eigenvalue weighted by Gasteiger charge is 2.06. The minimum absolute atomic E-state index is 0.243. The summed E-state index contributed by atoms with van der Waals surface area (Å²) in [5, 5.41) is 3.96. The van der Waals surface area contributed by atoms with Crippen LogP contribution < -0.4 is 11.3 Å². The number of nitrogens with two attached hydrogens (primary N) is 1. The topological polar surface area (TPSA) is 91.1 Å². The van der Waals surface area contributed by atoms with Crippen molar-refractivity contribution in [1.82, 2.24) is 9.78 Å². The molecule has 2 aromatic rings. The van der Waals surface area contributed by atoms with E-state index in [2.05, 4.69) is 5.10 Å². The number of carbonyl (C=O) groups excluding carboxylic acids is 1. The summed E-state index contributed by atoms with van der Waals surface area (Å²) >= 11 is 0. The van der Waals surface area contributed by atoms with E-state index in [-0.39, 0.29) is 12.1 Å². The summed E-state index contributed by atoms with van der Waals surface area (Å²) < 4.78 is 6.13. The fraction of sp³-hybridized carbons (Fsp3) is 0.100. The number of hydrogen-bond acceptors (Lipinski definition) is 4. The van der Waals surface area contributed by atoms with Crippen LogP contribution in [-0.4, -0.2) is 15.7 Å². The summed E-state index contributed by atoms with van der Waals surface area (Å²) in [5.41, 5.74) is 5.10. The molecular formula is C10H9N3O3. The normalized spacial score (nSPS) is 10.2. The van der Waals surface area contributed by atoms with Crippen LogP contribution in [0.5, 0.6) is 0 Å². The molecule has 0 fully saturated rings. The highest BCUT2D eigenvalue weighted by molar-refractivity contribution is 5.73. The number of nitrogens with zero attached hydrogens (tertiary/aromatic N) is 2. The molecule has 82 valence electrons. The summed E-state index contributed by atoms with van der Waals surface area (Å²) in [6.07, 6.45) is 1.50. The van der Waals surface area contributed by atoms with Gasteiger partial charge in [-0.05, 0) is 18.2 Å². The molecule has 0 bridgehead atoms. The monoisotopic (exact) mass is 219 g/mol. The molecule has 16 heavy (non-hydrogen) atoms. The van der Waals surface area contributed by atoms with Crippen LogP contribution in [0.1, 0.15) is 0 Å². The fourth-order valence-electron chi connectivity index (χ4n) is 1.27. The number of amides is 1. The molecule has 6 nitrogen and oxygen atoms in total. The van der Waals surface area contributed by atoms with E-state index < -0.39 is 5.91 Å². The van der Waals surface area contributed by atoms with Crippen molar-refractivity contribution in [2.24, 2.45) is 5.73 Å². The molecule has 0 radical (unpaired) electrons. The second-order valence-corrected chi connectivity index (χ2v) is 3.16. The quantitative estimate of drug-likeness (QED) is 0.785. The molecular weight excluding hydrogens is 210 g/mol. The van der Waals surface area contributed by atoms with Gasteiger partial charge in [0, 0.05) is 6.07 Å². The Morgan fingerprint density at radius 2 is 2.25 bits per heavy atom. The van der Waals surface area contributed by atoms with Crippen molar-refractivity contribution in [3.63, 3.8) is 0 Å². The van der Waals surface area contributed by atoms with Crippen LogP contribution in [0.15, 0.2) is 39.7 Å². The van der Waals surface area contributed by atoms with Crippen LogP contribution >= 0.6 is 0 Å². The Balaban J connectivity index is 2.43. The van der Waals surface area contributed by atoms with Crippen LogP contribution in [0.2, 0.25) is 0 Å². The highest BCUT2D eigenvalue weighted by atomic mass is 16.3. The van der Waals surface area contributed by atoms with Crippen LogP contribution in [0, 0.1) is 0 Å². The van der Waals surface area contributed by atoms with Gasteiger partial charge in [-0.2, -0.15) is 5.10 Å². The van der Waals surface area contributed by atoms with Crippen molar-refractivity contribution in [2.75, 3.05) is 0 Å². The molecule has 6 heteroatoms. The lowest BCUT2D eigenvalue weighted by Gasteiger charge is -2.02. The third kappa shape index (κ3) is 2.00. The lowest BCUT2D eigenvalue weighted by molar-refractivity contribution is -0.118. The third-order valence-corrected chi connectivity index (χ3v) is 1.95. The summed E-state index contributed by atoms with van der Waals surface area (Å²) in [4.78, 5) is 22.1. The zero-order valence-corrected chi connectivity index (χ0v) is 8.29. The first kappa shape index (κ1) is 10.2. The van der Waals surface area contributed by atoms with Gasteiger partial charge in [0.05, 0.1) is 6.26 Å². The van der Waals surface area contributed by atoms with E-state index in [1.54, 1.807) is 12.1 Å². The SMILES string of the molecule is NC(=O)Cn1nc(-c2ccco2)ccc1=O. The lowest BCUT2D eigenvalue weighted by atomic mass is 10.3. The Morgan fingerprint density at radius 3 is 2.88 bits per heavy atom. The standard InChI is InChI=1S/C10H9N3O3/c11-9(14)6-13-10(15)4-3-7(12-13)8-2-1-5-16-8/h1-5H,6H2,(H2,11,14). The van der Waals surface area contributed by atoms with E-state index in [0.29, 0.717) is 11.5 Å². The van der Waals surface area contributed by atoms with Crippen LogP contribution in [0.25, 0.3) is 11.5 Å². The number of aromatic nitrogens is 2. The maximum Gasteiger partial charge on any atom is 0.267 e. The first-order valence-electron chi connectivity index (χ1n) is 4.57. The van der Waals surface area contributed by atoms with Crippen molar-refractivity contribution in [3.05, 3.63) is 40.9 Å². The molecule has 0 aliphatic carbocycles. The van der Waals surface area contributed by atoms with Gasteiger partial charge >= 0.3 is 0 Å². The van der Waals surface area contributed by atoms with Gasteiger partial charge < -0.3 is 10.2 Å². The average molecular weight is 219 g/mol. The molecule has 0 unspecified atom stereocenters. The van der Waals surface area contributed by atoms with Crippen LogP contribution in [0.4, 0.5) is 0 Å². The van der Waals surface area contributed by atoms with Crippen molar-refractivity contribution in [2.45, 2.75) is 6.54 Å². The largest absolute Gasteiger partial charge is 0.463 e. The summed E-state index contributed by atoms with van der Waals surface area (Å²) in [6, 6.07) is 6.26. The van der Waals surface area contributed by atoms with Crippen LogP contribution in [0.3, 0.4) is 0 Å². The average Bonchev–Trinajstić information content (AvgIpc) is 2.73. The number of rotatable bonds is 3. The first-order chi connectivity index (χ1) is 7.66. The summed E-state index contributed by atoms with van der Waals surface area (Å²) in [6.45, 7) is -0.243. The van der Waals surface area contributed by atoms with E-state index in [9.17, 15) is 9.59 Å². The van der Waals surface area contributed by atoms with Gasteiger partial charge in [-0.25, -0.2) is 4.68 Å². The molecule has 0 saturated heterocycles. The maximum atomic E-state index is 11.3. The van der Waals surface area contributed by atoms with Gasteiger partial charge in [0.2, 0.25) is 5.91 Å². The zero-order valence-electron chi connectivity index (χ0n) is 8.29. The van der Waals surface area contributed by atoms with Gasteiger partial charge in [0.1, 0.15) is 12.2 Å². The van der Waals surface area contributed by atoms with Crippen molar-refractivity contribution in [1.29, 1.82) is 0 Å². The highest BCUT2D eigenvalue weighted by Crippen LogP contribution is 2.14. The molecule has 2 aromatic heterocycles. The van der Waals surface area contributed by atoms with Crippen molar-refractivity contribution < 1.29 is 9.21 Å². The second-order valence-electron chi connectivity index (χ2n) is 3.16. The van der Waals surface area contributed by atoms with E-state index in [1.807, 2.05) is 0 Å². The fourth-order valence-corrected chi connectivity index (χ4v) is 1.27. The Labute approximate surface area is 90.3 Å². The predicted molar refractivity (Wildman–Crippen MR) is 55.4 cm³/mol. The Bertz CT molecular complexity index is 557. The molecule has 1 amide bonds. The second kappa shape index (κ2) is 4.01. The molecule has 2 rings (SSSR count). The molecule has 0 saturated carbocycles. The Kier molecular flexibility index (Phi) is 2.55. The summed E-state index contributed by atoms with van der Waals surface area (Å²) in [7, 11) is 0. The van der Waals surface area contributed by atoms with Gasteiger partial charge in [0.25, 0.3) is 5.56 Å². The smallest absolute Gasteiger partial charge is 0.267 e. The van der Waals surface area contributed by atoms with E-state index >= 15 is 0 Å². The Morgan fingerprint density at radius 1 is 1.44 bits per heavy atom. The number of primary amides is 1. The molecule has 2 N–H and O–H groups in total. The third-order valence-electron chi connectivity index (χ3n) is 1.95. The number of hydrogen-bond donors (Lipinski definition) is 1. The minimum Gasteiger partial charge on any atom is -0.463 e. The van der Waals surface area contributed by atoms with E-state index in [0.717, 1.165) is 4.68 Å². The van der Waals surface area contributed by atoms with E-state index in [4.69, 9.17) is 10.2 Å². The minimum atomic E-state index is -0.619. The van der Waals surface area contributed by atoms with Gasteiger partial charge in [-0.15, -0.1) is 0 Å². The van der Waals surface area contributed by atoms with Gasteiger partial charge in [0.15, 0.2) is 5.76 Å². The molecule has 0 aliphatic heterocycles. The summed E-state index contributed by atoms with van der Waals surface area (Å²) in [5.74, 6) is -0.0931.